The first-order valence-corrected chi connectivity index (χ1v) is 5.96. The van der Waals surface area contributed by atoms with Gasteiger partial charge in [0.2, 0.25) is 0 Å². The third kappa shape index (κ3) is 2.11. The molecule has 2 rings (SSSR count). The van der Waals surface area contributed by atoms with Crippen LogP contribution in [0.5, 0.6) is 23.0 Å². The van der Waals surface area contributed by atoms with Crippen molar-refractivity contribution >= 4 is 17.1 Å². The van der Waals surface area contributed by atoms with Gasteiger partial charge in [0.15, 0.2) is 29.3 Å². The van der Waals surface area contributed by atoms with E-state index in [-0.39, 0.29) is 0 Å². The molecule has 0 fully saturated rings. The number of hydrogen-bond donors (Lipinski definition) is 0. The van der Waals surface area contributed by atoms with Gasteiger partial charge in [-0.2, -0.15) is 0 Å². The largest absolute Gasteiger partial charge is 0.493 e. The predicted octanol–water partition coefficient (Wildman–Crippen LogP) is 2.69. The Balaban J connectivity index is 2.87. The first kappa shape index (κ1) is 14.0. The summed E-state index contributed by atoms with van der Waals surface area (Å²) in [5.41, 5.74) is 0.419. The maximum atomic E-state index is 11.4. The Kier molecular flexibility index (Phi) is 3.98. The molecular formula is C15H16O5. The van der Waals surface area contributed by atoms with Gasteiger partial charge in [0.05, 0.1) is 34.0 Å². The van der Waals surface area contributed by atoms with Crippen LogP contribution in [0, 0.1) is 0 Å². The van der Waals surface area contributed by atoms with Gasteiger partial charge in [0.25, 0.3) is 0 Å². The van der Waals surface area contributed by atoms with E-state index in [0.717, 1.165) is 17.1 Å². The molecule has 0 heterocycles. The Morgan fingerprint density at radius 1 is 0.800 bits per heavy atom. The fourth-order valence-electron chi connectivity index (χ4n) is 2.19. The number of fused-ring (bicyclic) bond motifs is 1. The molecule has 0 aromatic heterocycles. The van der Waals surface area contributed by atoms with Gasteiger partial charge >= 0.3 is 0 Å². The van der Waals surface area contributed by atoms with Gasteiger partial charge in [-0.15, -0.1) is 0 Å². The van der Waals surface area contributed by atoms with Crippen LogP contribution in [0.25, 0.3) is 10.8 Å². The molecule has 2 aromatic carbocycles. The molecule has 0 amide bonds. The molecule has 5 nitrogen and oxygen atoms in total. The Morgan fingerprint density at radius 3 is 1.85 bits per heavy atom. The smallest absolute Gasteiger partial charge is 0.171 e. The molecule has 0 radical (unpaired) electrons. The third-order valence-electron chi connectivity index (χ3n) is 3.14. The highest BCUT2D eigenvalue weighted by Gasteiger charge is 2.17. The van der Waals surface area contributed by atoms with Crippen LogP contribution in [0.4, 0.5) is 0 Å². The molecule has 0 saturated carbocycles. The molecular weight excluding hydrogens is 260 g/mol. The van der Waals surface area contributed by atoms with E-state index in [1.807, 2.05) is 0 Å². The lowest BCUT2D eigenvalue weighted by atomic mass is 10.0. The number of hydrogen-bond acceptors (Lipinski definition) is 5. The summed E-state index contributed by atoms with van der Waals surface area (Å²) in [6, 6.07) is 5.34. The summed E-state index contributed by atoms with van der Waals surface area (Å²) >= 11 is 0. The van der Waals surface area contributed by atoms with Crippen LogP contribution in [-0.2, 0) is 0 Å². The third-order valence-corrected chi connectivity index (χ3v) is 3.14. The number of aldehydes is 1. The van der Waals surface area contributed by atoms with Gasteiger partial charge in [-0.1, -0.05) is 0 Å². The first-order chi connectivity index (χ1) is 9.69. The van der Waals surface area contributed by atoms with Crippen LogP contribution in [0.15, 0.2) is 18.2 Å². The molecule has 106 valence electrons. The summed E-state index contributed by atoms with van der Waals surface area (Å²) in [5.74, 6) is 2.04. The van der Waals surface area contributed by atoms with Crippen LogP contribution >= 0.6 is 0 Å². The van der Waals surface area contributed by atoms with Crippen molar-refractivity contribution in [3.63, 3.8) is 0 Å². The molecule has 0 bridgehead atoms. The van der Waals surface area contributed by atoms with Crippen molar-refractivity contribution in [1.29, 1.82) is 0 Å². The Hall–Kier alpha value is -2.43. The minimum Gasteiger partial charge on any atom is -0.493 e. The summed E-state index contributed by atoms with van der Waals surface area (Å²) in [7, 11) is 6.13. The fourth-order valence-corrected chi connectivity index (χ4v) is 2.19. The Labute approximate surface area is 117 Å². The zero-order chi connectivity index (χ0) is 14.7. The normalized spacial score (nSPS) is 10.2. The standard InChI is InChI=1S/C15H16O5/c1-17-12-5-9-6-14(19-3)15(20-4)11(8-16)10(9)7-13(12)18-2/h5-8H,1-4H3. The summed E-state index contributed by atoms with van der Waals surface area (Å²) in [6.07, 6.45) is 0.746. The van der Waals surface area contributed by atoms with Crippen LogP contribution in [-0.4, -0.2) is 34.7 Å². The Bertz CT molecular complexity index is 643. The highest BCUT2D eigenvalue weighted by atomic mass is 16.5. The van der Waals surface area contributed by atoms with Gasteiger partial charge in [-0.25, -0.2) is 0 Å². The summed E-state index contributed by atoms with van der Waals surface area (Å²) < 4.78 is 21.1. The van der Waals surface area contributed by atoms with Crippen LogP contribution < -0.4 is 18.9 Å². The monoisotopic (exact) mass is 276 g/mol. The fraction of sp³-hybridized carbons (Fsp3) is 0.267. The van der Waals surface area contributed by atoms with Crippen molar-refractivity contribution in [2.45, 2.75) is 0 Å². The minimum atomic E-state index is 0.405. The number of carbonyl (C=O) groups is 1. The molecule has 2 aromatic rings. The summed E-state index contributed by atoms with van der Waals surface area (Å²) in [5, 5.41) is 1.53. The van der Waals surface area contributed by atoms with Gasteiger partial charge in [0.1, 0.15) is 0 Å². The average molecular weight is 276 g/mol. The van der Waals surface area contributed by atoms with E-state index in [2.05, 4.69) is 0 Å². The van der Waals surface area contributed by atoms with E-state index in [9.17, 15) is 4.79 Å². The highest BCUT2D eigenvalue weighted by Crippen LogP contribution is 2.40. The zero-order valence-electron chi connectivity index (χ0n) is 11.9. The maximum Gasteiger partial charge on any atom is 0.171 e. The first-order valence-electron chi connectivity index (χ1n) is 5.96. The number of benzene rings is 2. The second-order valence-corrected chi connectivity index (χ2v) is 4.07. The summed E-state index contributed by atoms with van der Waals surface area (Å²) in [6.45, 7) is 0. The molecule has 0 saturated heterocycles. The van der Waals surface area contributed by atoms with Gasteiger partial charge in [0, 0.05) is 5.39 Å². The van der Waals surface area contributed by atoms with E-state index >= 15 is 0 Å². The second kappa shape index (κ2) is 5.69. The minimum absolute atomic E-state index is 0.405. The van der Waals surface area contributed by atoms with Crippen molar-refractivity contribution in [2.24, 2.45) is 0 Å². The molecule has 0 aliphatic carbocycles. The molecule has 0 atom stereocenters. The topological polar surface area (TPSA) is 54.0 Å². The molecule has 0 aliphatic rings. The van der Waals surface area contributed by atoms with E-state index in [1.54, 1.807) is 32.4 Å². The number of methoxy groups -OCH3 is 4. The molecule has 20 heavy (non-hydrogen) atoms. The van der Waals surface area contributed by atoms with Crippen molar-refractivity contribution in [1.82, 2.24) is 0 Å². The van der Waals surface area contributed by atoms with E-state index in [0.29, 0.717) is 28.6 Å². The van der Waals surface area contributed by atoms with E-state index in [4.69, 9.17) is 18.9 Å². The SMILES string of the molecule is COc1cc2cc(OC)c(OC)c(C=O)c2cc1OC. The van der Waals surface area contributed by atoms with Crippen molar-refractivity contribution in [3.8, 4) is 23.0 Å². The van der Waals surface area contributed by atoms with Crippen molar-refractivity contribution in [2.75, 3.05) is 28.4 Å². The Morgan fingerprint density at radius 2 is 1.35 bits per heavy atom. The quantitative estimate of drug-likeness (QED) is 0.786. The van der Waals surface area contributed by atoms with Crippen molar-refractivity contribution in [3.05, 3.63) is 23.8 Å². The molecule has 0 aliphatic heterocycles. The van der Waals surface area contributed by atoms with Crippen molar-refractivity contribution < 1.29 is 23.7 Å². The van der Waals surface area contributed by atoms with Gasteiger partial charge < -0.3 is 18.9 Å². The van der Waals surface area contributed by atoms with Crippen LogP contribution in [0.3, 0.4) is 0 Å². The van der Waals surface area contributed by atoms with Gasteiger partial charge in [-0.05, 0) is 23.6 Å². The van der Waals surface area contributed by atoms with Crippen LogP contribution in [0.2, 0.25) is 0 Å². The predicted molar refractivity (Wildman–Crippen MR) is 75.5 cm³/mol. The lowest BCUT2D eigenvalue weighted by Gasteiger charge is -2.15. The number of ether oxygens (including phenoxy) is 4. The second-order valence-electron chi connectivity index (χ2n) is 4.07. The lowest BCUT2D eigenvalue weighted by molar-refractivity contribution is 0.112. The van der Waals surface area contributed by atoms with E-state index < -0.39 is 0 Å². The molecule has 0 spiro atoms. The number of rotatable bonds is 5. The summed E-state index contributed by atoms with van der Waals surface area (Å²) in [4.78, 5) is 11.4. The van der Waals surface area contributed by atoms with Crippen LogP contribution in [0.1, 0.15) is 10.4 Å². The maximum absolute atomic E-state index is 11.4. The zero-order valence-corrected chi connectivity index (χ0v) is 11.9. The lowest BCUT2D eigenvalue weighted by Crippen LogP contribution is -1.98. The molecule has 5 heteroatoms. The van der Waals surface area contributed by atoms with Gasteiger partial charge in [-0.3, -0.25) is 4.79 Å². The number of carbonyl (C=O) groups excluding carboxylic acids is 1. The van der Waals surface area contributed by atoms with E-state index in [1.165, 1.54) is 14.2 Å². The average Bonchev–Trinajstić information content (AvgIpc) is 2.51. The highest BCUT2D eigenvalue weighted by molar-refractivity contribution is 6.03. The molecule has 0 unspecified atom stereocenters. The molecule has 0 N–H and O–H groups in total.